The van der Waals surface area contributed by atoms with Gasteiger partial charge in [0.05, 0.1) is 0 Å². The third kappa shape index (κ3) is 1.54. The van der Waals surface area contributed by atoms with Gasteiger partial charge in [-0.1, -0.05) is 12.1 Å². The van der Waals surface area contributed by atoms with E-state index in [2.05, 4.69) is 0 Å². The minimum atomic E-state index is -1.93. The van der Waals surface area contributed by atoms with Gasteiger partial charge in [0.1, 0.15) is 6.42 Å². The number of hydrogen-bond donors (Lipinski definition) is 2. The number of primary amides is 1. The minimum absolute atomic E-state index is 0.308. The fraction of sp³-hybridized carbons (Fsp3) is 0.200. The summed E-state index contributed by atoms with van der Waals surface area (Å²) in [5.74, 6) is -3.52. The summed E-state index contributed by atoms with van der Waals surface area (Å²) < 4.78 is 10.4. The number of hydrogen-bond acceptors (Lipinski definition) is 4. The standard InChI is InChI=1S/C10H9NO5/c11-9(14)10(5-8(12)13)15-6-3-1-2-4-7(6)16-10/h1-4H,5H2,(H2,11,14)(H,12,13). The maximum Gasteiger partial charge on any atom is 0.342 e. The number of fused-ring (bicyclic) bond motifs is 1. The molecular formula is C10H9NO5. The first-order valence-corrected chi connectivity index (χ1v) is 4.52. The fourth-order valence-corrected chi connectivity index (χ4v) is 1.45. The van der Waals surface area contributed by atoms with Crippen LogP contribution in [0.25, 0.3) is 0 Å². The maximum absolute atomic E-state index is 11.2. The quantitative estimate of drug-likeness (QED) is 0.757. The van der Waals surface area contributed by atoms with Crippen LogP contribution in [0.2, 0.25) is 0 Å². The van der Waals surface area contributed by atoms with Crippen LogP contribution in [0.15, 0.2) is 24.3 Å². The summed E-state index contributed by atoms with van der Waals surface area (Å²) in [6, 6.07) is 6.50. The summed E-state index contributed by atoms with van der Waals surface area (Å²) in [4.78, 5) is 21.9. The Bertz CT molecular complexity index is 431. The molecular weight excluding hydrogens is 214 g/mol. The third-order valence-corrected chi connectivity index (χ3v) is 2.16. The lowest BCUT2D eigenvalue weighted by Gasteiger charge is -2.21. The van der Waals surface area contributed by atoms with E-state index in [0.717, 1.165) is 0 Å². The molecule has 1 aliphatic heterocycles. The summed E-state index contributed by atoms with van der Waals surface area (Å²) in [6.45, 7) is 0. The molecule has 1 heterocycles. The van der Waals surface area contributed by atoms with Crippen molar-refractivity contribution in [2.75, 3.05) is 0 Å². The first kappa shape index (κ1) is 10.3. The van der Waals surface area contributed by atoms with E-state index in [1.807, 2.05) is 0 Å². The number of amides is 1. The molecule has 0 aliphatic carbocycles. The van der Waals surface area contributed by atoms with E-state index in [1.165, 1.54) is 0 Å². The monoisotopic (exact) mass is 223 g/mol. The predicted octanol–water partition coefficient (Wildman–Crippen LogP) is 0.114. The zero-order chi connectivity index (χ0) is 11.8. The van der Waals surface area contributed by atoms with Gasteiger partial charge in [-0.15, -0.1) is 0 Å². The average molecular weight is 223 g/mol. The molecule has 0 saturated heterocycles. The highest BCUT2D eigenvalue weighted by molar-refractivity contribution is 5.88. The normalized spacial score (nSPS) is 15.8. The molecule has 0 spiro atoms. The van der Waals surface area contributed by atoms with Crippen LogP contribution in [-0.4, -0.2) is 22.8 Å². The van der Waals surface area contributed by atoms with Gasteiger partial charge in [0.25, 0.3) is 0 Å². The molecule has 1 aliphatic rings. The Hall–Kier alpha value is -2.24. The van der Waals surface area contributed by atoms with E-state index in [0.29, 0.717) is 11.5 Å². The number of rotatable bonds is 3. The highest BCUT2D eigenvalue weighted by atomic mass is 16.7. The molecule has 84 valence electrons. The smallest absolute Gasteiger partial charge is 0.342 e. The summed E-state index contributed by atoms with van der Waals surface area (Å²) >= 11 is 0. The average Bonchev–Trinajstić information content (AvgIpc) is 2.55. The van der Waals surface area contributed by atoms with Gasteiger partial charge in [-0.2, -0.15) is 0 Å². The molecule has 6 heteroatoms. The molecule has 0 bridgehead atoms. The van der Waals surface area contributed by atoms with Crippen molar-refractivity contribution >= 4 is 11.9 Å². The van der Waals surface area contributed by atoms with Crippen molar-refractivity contribution in [1.29, 1.82) is 0 Å². The van der Waals surface area contributed by atoms with E-state index in [1.54, 1.807) is 24.3 Å². The second-order valence-electron chi connectivity index (χ2n) is 3.34. The van der Waals surface area contributed by atoms with Crippen LogP contribution in [0, 0.1) is 0 Å². The molecule has 6 nitrogen and oxygen atoms in total. The Morgan fingerprint density at radius 3 is 2.12 bits per heavy atom. The van der Waals surface area contributed by atoms with Crippen LogP contribution in [-0.2, 0) is 9.59 Å². The van der Waals surface area contributed by atoms with Crippen LogP contribution in [0.4, 0.5) is 0 Å². The molecule has 2 rings (SSSR count). The number of carboxylic acids is 1. The van der Waals surface area contributed by atoms with Crippen molar-refractivity contribution in [1.82, 2.24) is 0 Å². The zero-order valence-electron chi connectivity index (χ0n) is 8.17. The SMILES string of the molecule is NC(=O)C1(CC(=O)O)Oc2ccccc2O1. The van der Waals surface area contributed by atoms with Gasteiger partial charge in [-0.25, -0.2) is 0 Å². The number of carboxylic acid groups (broad SMARTS) is 1. The molecule has 0 radical (unpaired) electrons. The Balaban J connectivity index is 2.34. The van der Waals surface area contributed by atoms with Crippen molar-refractivity contribution in [2.45, 2.75) is 12.2 Å². The third-order valence-electron chi connectivity index (χ3n) is 2.16. The van der Waals surface area contributed by atoms with Gasteiger partial charge < -0.3 is 20.3 Å². The van der Waals surface area contributed by atoms with E-state index < -0.39 is 24.1 Å². The Morgan fingerprint density at radius 2 is 1.75 bits per heavy atom. The molecule has 3 N–H and O–H groups in total. The Labute approximate surface area is 90.6 Å². The largest absolute Gasteiger partial charge is 0.481 e. The van der Waals surface area contributed by atoms with Crippen molar-refractivity contribution in [3.8, 4) is 11.5 Å². The molecule has 0 fully saturated rings. The van der Waals surface area contributed by atoms with E-state index >= 15 is 0 Å². The van der Waals surface area contributed by atoms with Gasteiger partial charge in [-0.3, -0.25) is 9.59 Å². The number of carbonyl (C=O) groups is 2. The number of nitrogens with two attached hydrogens (primary N) is 1. The lowest BCUT2D eigenvalue weighted by atomic mass is 10.2. The van der Waals surface area contributed by atoms with E-state index in [4.69, 9.17) is 20.3 Å². The number of para-hydroxylation sites is 2. The van der Waals surface area contributed by atoms with Crippen LogP contribution in [0.5, 0.6) is 11.5 Å². The molecule has 16 heavy (non-hydrogen) atoms. The number of aliphatic carboxylic acids is 1. The molecule has 0 atom stereocenters. The lowest BCUT2D eigenvalue weighted by Crippen LogP contribution is -2.52. The van der Waals surface area contributed by atoms with Crippen molar-refractivity contribution in [2.24, 2.45) is 5.73 Å². The van der Waals surface area contributed by atoms with Crippen LogP contribution < -0.4 is 15.2 Å². The van der Waals surface area contributed by atoms with Gasteiger partial charge in [0.15, 0.2) is 11.5 Å². The van der Waals surface area contributed by atoms with Crippen molar-refractivity contribution in [3.63, 3.8) is 0 Å². The molecule has 1 aromatic carbocycles. The first-order chi connectivity index (χ1) is 7.53. The second kappa shape index (κ2) is 3.41. The number of benzene rings is 1. The Morgan fingerprint density at radius 1 is 1.25 bits per heavy atom. The van der Waals surface area contributed by atoms with Crippen molar-refractivity contribution in [3.05, 3.63) is 24.3 Å². The lowest BCUT2D eigenvalue weighted by molar-refractivity contribution is -0.166. The first-order valence-electron chi connectivity index (χ1n) is 4.52. The number of ether oxygens (including phenoxy) is 2. The van der Waals surface area contributed by atoms with Crippen molar-refractivity contribution < 1.29 is 24.2 Å². The minimum Gasteiger partial charge on any atom is -0.481 e. The summed E-state index contributed by atoms with van der Waals surface area (Å²) in [5, 5.41) is 8.70. The highest BCUT2D eigenvalue weighted by Gasteiger charge is 2.49. The second-order valence-corrected chi connectivity index (χ2v) is 3.34. The molecule has 0 saturated carbocycles. The summed E-state index contributed by atoms with van der Waals surface area (Å²) in [5.41, 5.74) is 5.11. The predicted molar refractivity (Wildman–Crippen MR) is 51.9 cm³/mol. The Kier molecular flexibility index (Phi) is 2.19. The topological polar surface area (TPSA) is 98.9 Å². The number of carbonyl (C=O) groups excluding carboxylic acids is 1. The van der Waals surface area contributed by atoms with Gasteiger partial charge in [0, 0.05) is 0 Å². The highest BCUT2D eigenvalue weighted by Crippen LogP contribution is 2.40. The molecule has 0 unspecified atom stereocenters. The summed E-state index contributed by atoms with van der Waals surface area (Å²) in [7, 11) is 0. The zero-order valence-corrected chi connectivity index (χ0v) is 8.17. The van der Waals surface area contributed by atoms with Gasteiger partial charge in [-0.05, 0) is 12.1 Å². The fourth-order valence-electron chi connectivity index (χ4n) is 1.45. The van der Waals surface area contributed by atoms with Gasteiger partial charge >= 0.3 is 17.7 Å². The van der Waals surface area contributed by atoms with Crippen LogP contribution in [0.3, 0.4) is 0 Å². The van der Waals surface area contributed by atoms with E-state index in [-0.39, 0.29) is 0 Å². The van der Waals surface area contributed by atoms with Gasteiger partial charge in [0.2, 0.25) is 0 Å². The van der Waals surface area contributed by atoms with Crippen LogP contribution >= 0.6 is 0 Å². The maximum atomic E-state index is 11.2. The molecule has 1 amide bonds. The van der Waals surface area contributed by atoms with Crippen LogP contribution in [0.1, 0.15) is 6.42 Å². The molecule has 0 aromatic heterocycles. The molecule has 1 aromatic rings. The van der Waals surface area contributed by atoms with E-state index in [9.17, 15) is 9.59 Å². The summed E-state index contributed by atoms with van der Waals surface area (Å²) in [6.07, 6.45) is -0.642.